The Morgan fingerprint density at radius 1 is 0.825 bits per heavy atom. The topological polar surface area (TPSA) is 54.3 Å². The molecule has 0 atom stereocenters. The van der Waals surface area contributed by atoms with Gasteiger partial charge >= 0.3 is 0 Å². The van der Waals surface area contributed by atoms with Gasteiger partial charge in [0.15, 0.2) is 11.0 Å². The van der Waals surface area contributed by atoms with Crippen molar-refractivity contribution in [3.63, 3.8) is 0 Å². The number of rotatable bonds is 8. The van der Waals surface area contributed by atoms with Crippen LogP contribution in [-0.4, -0.2) is 62.4 Å². The average Bonchev–Trinajstić information content (AvgIpc) is 3.68. The zero-order valence-electron chi connectivity index (χ0n) is 22.4. The standard InChI is InChI=1S/C32H31N5OS2/c1-24-14-16-27(17-15-24)37-31(28-13-8-22-39-28)33-34-32(37)40-23-29(38)35-18-20-36(21-19-35)30(25-9-4-2-5-10-25)26-11-6-3-7-12-26/h2-17,22,30H,18-21,23H2,1H3. The molecule has 1 aliphatic heterocycles. The molecule has 0 radical (unpaired) electrons. The maximum absolute atomic E-state index is 13.3. The van der Waals surface area contributed by atoms with Crippen molar-refractivity contribution in [3.05, 3.63) is 119 Å². The number of hydrogen-bond donors (Lipinski definition) is 0. The molecule has 6 nitrogen and oxygen atoms in total. The number of aromatic nitrogens is 3. The first-order valence-electron chi connectivity index (χ1n) is 13.5. The van der Waals surface area contributed by atoms with Gasteiger partial charge in [-0.15, -0.1) is 21.5 Å². The lowest BCUT2D eigenvalue weighted by molar-refractivity contribution is -0.130. The molecule has 6 rings (SSSR count). The molecule has 0 N–H and O–H groups in total. The predicted molar refractivity (Wildman–Crippen MR) is 163 cm³/mol. The zero-order chi connectivity index (χ0) is 27.3. The Balaban J connectivity index is 1.14. The van der Waals surface area contributed by atoms with Gasteiger partial charge in [0.05, 0.1) is 16.7 Å². The van der Waals surface area contributed by atoms with Crippen molar-refractivity contribution in [2.45, 2.75) is 18.1 Å². The largest absolute Gasteiger partial charge is 0.339 e. The summed E-state index contributed by atoms with van der Waals surface area (Å²) in [7, 11) is 0. The van der Waals surface area contributed by atoms with Crippen LogP contribution in [0, 0.1) is 6.92 Å². The van der Waals surface area contributed by atoms with Gasteiger partial charge in [-0.1, -0.05) is 96.2 Å². The lowest BCUT2D eigenvalue weighted by Gasteiger charge is -2.39. The van der Waals surface area contributed by atoms with Crippen molar-refractivity contribution in [1.29, 1.82) is 0 Å². The summed E-state index contributed by atoms with van der Waals surface area (Å²) in [4.78, 5) is 18.9. The molecular weight excluding hydrogens is 535 g/mol. The van der Waals surface area contributed by atoms with Crippen molar-refractivity contribution in [1.82, 2.24) is 24.6 Å². The van der Waals surface area contributed by atoms with Gasteiger partial charge in [-0.25, -0.2) is 0 Å². The molecule has 40 heavy (non-hydrogen) atoms. The van der Waals surface area contributed by atoms with Crippen LogP contribution in [0.5, 0.6) is 0 Å². The van der Waals surface area contributed by atoms with E-state index in [9.17, 15) is 4.79 Å². The SMILES string of the molecule is Cc1ccc(-n2c(SCC(=O)N3CCN(C(c4ccccc4)c4ccccc4)CC3)nnc2-c2cccs2)cc1. The Bertz CT molecular complexity index is 1490. The lowest BCUT2D eigenvalue weighted by Crippen LogP contribution is -2.50. The van der Waals surface area contributed by atoms with Gasteiger partial charge in [0.2, 0.25) is 5.91 Å². The number of thiophene rings is 1. The second kappa shape index (κ2) is 12.2. The molecule has 3 aromatic carbocycles. The van der Waals surface area contributed by atoms with Gasteiger partial charge in [0, 0.05) is 31.9 Å². The quantitative estimate of drug-likeness (QED) is 0.206. The number of amides is 1. The predicted octanol–water partition coefficient (Wildman–Crippen LogP) is 6.33. The number of hydrogen-bond acceptors (Lipinski definition) is 6. The Hall–Kier alpha value is -3.72. The first-order chi connectivity index (χ1) is 19.7. The highest BCUT2D eigenvalue weighted by atomic mass is 32.2. The van der Waals surface area contributed by atoms with Crippen LogP contribution < -0.4 is 0 Å². The summed E-state index contributed by atoms with van der Waals surface area (Å²) in [6.45, 7) is 5.15. The summed E-state index contributed by atoms with van der Waals surface area (Å²) < 4.78 is 2.06. The molecule has 0 unspecified atom stereocenters. The van der Waals surface area contributed by atoms with Crippen LogP contribution in [0.1, 0.15) is 22.7 Å². The first kappa shape index (κ1) is 26.5. The maximum Gasteiger partial charge on any atom is 0.233 e. The number of thioether (sulfide) groups is 1. The van der Waals surface area contributed by atoms with Crippen molar-refractivity contribution in [2.75, 3.05) is 31.9 Å². The van der Waals surface area contributed by atoms with Crippen LogP contribution in [0.15, 0.2) is 108 Å². The van der Waals surface area contributed by atoms with Crippen molar-refractivity contribution in [3.8, 4) is 16.4 Å². The summed E-state index contributed by atoms with van der Waals surface area (Å²) in [6, 6.07) is 33.9. The number of piperazine rings is 1. The molecule has 0 aliphatic carbocycles. The minimum atomic E-state index is 0.136. The third kappa shape index (κ3) is 5.75. The van der Waals surface area contributed by atoms with Crippen LogP contribution >= 0.6 is 23.1 Å². The molecule has 0 saturated carbocycles. The average molecular weight is 566 g/mol. The number of carbonyl (C=O) groups excluding carboxylic acids is 1. The van der Waals surface area contributed by atoms with Gasteiger partial charge in [-0.05, 0) is 41.6 Å². The van der Waals surface area contributed by atoms with Crippen molar-refractivity contribution < 1.29 is 4.79 Å². The van der Waals surface area contributed by atoms with E-state index in [1.165, 1.54) is 28.5 Å². The molecule has 2 aromatic heterocycles. The molecule has 3 heterocycles. The fourth-order valence-electron chi connectivity index (χ4n) is 5.19. The van der Waals surface area contributed by atoms with E-state index >= 15 is 0 Å². The van der Waals surface area contributed by atoms with Crippen molar-refractivity contribution in [2.24, 2.45) is 0 Å². The van der Waals surface area contributed by atoms with Crippen LogP contribution in [-0.2, 0) is 4.79 Å². The van der Waals surface area contributed by atoms with E-state index < -0.39 is 0 Å². The van der Waals surface area contributed by atoms with Gasteiger partial charge in [-0.2, -0.15) is 0 Å². The number of benzene rings is 3. The minimum Gasteiger partial charge on any atom is -0.339 e. The van der Waals surface area contributed by atoms with Gasteiger partial charge in [0.1, 0.15) is 0 Å². The molecule has 5 aromatic rings. The van der Waals surface area contributed by atoms with E-state index in [0.29, 0.717) is 18.8 Å². The molecule has 1 aliphatic rings. The molecule has 1 amide bonds. The van der Waals surface area contributed by atoms with E-state index in [1.807, 2.05) is 16.3 Å². The molecule has 202 valence electrons. The van der Waals surface area contributed by atoms with Gasteiger partial charge in [-0.3, -0.25) is 14.3 Å². The number of nitrogens with zero attached hydrogens (tertiary/aromatic N) is 5. The van der Waals surface area contributed by atoms with Gasteiger partial charge in [0.25, 0.3) is 0 Å². The number of aryl methyl sites for hydroxylation is 1. The lowest BCUT2D eigenvalue weighted by atomic mass is 9.96. The van der Waals surface area contributed by atoms with E-state index in [0.717, 1.165) is 34.6 Å². The van der Waals surface area contributed by atoms with Crippen LogP contribution in [0.2, 0.25) is 0 Å². The second-order valence-electron chi connectivity index (χ2n) is 9.88. The Labute approximate surface area is 243 Å². The third-order valence-electron chi connectivity index (χ3n) is 7.25. The summed E-state index contributed by atoms with van der Waals surface area (Å²) in [5, 5.41) is 11.8. The number of carbonyl (C=O) groups is 1. The Morgan fingerprint density at radius 3 is 2.08 bits per heavy atom. The molecule has 1 saturated heterocycles. The summed E-state index contributed by atoms with van der Waals surface area (Å²) in [5.41, 5.74) is 4.75. The first-order valence-corrected chi connectivity index (χ1v) is 15.3. The third-order valence-corrected chi connectivity index (χ3v) is 9.03. The highest BCUT2D eigenvalue weighted by molar-refractivity contribution is 7.99. The van der Waals surface area contributed by atoms with Crippen LogP contribution in [0.3, 0.4) is 0 Å². The maximum atomic E-state index is 13.3. The molecule has 0 bridgehead atoms. The Morgan fingerprint density at radius 2 is 1.48 bits per heavy atom. The van der Waals surface area contributed by atoms with Crippen LogP contribution in [0.4, 0.5) is 0 Å². The minimum absolute atomic E-state index is 0.136. The molecular formula is C32H31N5OS2. The van der Waals surface area contributed by atoms with Crippen molar-refractivity contribution >= 4 is 29.0 Å². The monoisotopic (exact) mass is 565 g/mol. The zero-order valence-corrected chi connectivity index (χ0v) is 24.0. The van der Waals surface area contributed by atoms with E-state index in [4.69, 9.17) is 0 Å². The summed E-state index contributed by atoms with van der Waals surface area (Å²) >= 11 is 3.09. The second-order valence-corrected chi connectivity index (χ2v) is 11.8. The molecule has 0 spiro atoms. The molecule has 8 heteroatoms. The summed E-state index contributed by atoms with van der Waals surface area (Å²) in [5.74, 6) is 1.27. The summed E-state index contributed by atoms with van der Waals surface area (Å²) in [6.07, 6.45) is 0. The Kier molecular flexibility index (Phi) is 8.09. The highest BCUT2D eigenvalue weighted by Gasteiger charge is 2.28. The fraction of sp³-hybridized carbons (Fsp3) is 0.219. The van der Waals surface area contributed by atoms with E-state index in [1.54, 1.807) is 11.3 Å². The van der Waals surface area contributed by atoms with E-state index in [2.05, 4.69) is 118 Å². The fourth-order valence-corrected chi connectivity index (χ4v) is 6.74. The normalized spacial score (nSPS) is 14.1. The molecule has 1 fully saturated rings. The smallest absolute Gasteiger partial charge is 0.233 e. The van der Waals surface area contributed by atoms with E-state index in [-0.39, 0.29) is 11.9 Å². The van der Waals surface area contributed by atoms with Crippen LogP contribution in [0.25, 0.3) is 16.4 Å². The van der Waals surface area contributed by atoms with Gasteiger partial charge < -0.3 is 4.90 Å². The highest BCUT2D eigenvalue weighted by Crippen LogP contribution is 2.32.